The summed E-state index contributed by atoms with van der Waals surface area (Å²) in [5.74, 6) is 0. The topological polar surface area (TPSA) is 69.8 Å². The van der Waals surface area contributed by atoms with Gasteiger partial charge in [0.05, 0.1) is 6.07 Å². The molecular weight excluding hydrogens is 130 g/mol. The molecule has 4 heteroatoms. The summed E-state index contributed by atoms with van der Waals surface area (Å²) < 4.78 is 0. The van der Waals surface area contributed by atoms with E-state index in [-0.39, 0.29) is 0 Å². The molecule has 0 amide bonds. The molecule has 1 aromatic heterocycles. The van der Waals surface area contributed by atoms with Gasteiger partial charge in [0.1, 0.15) is 6.33 Å². The van der Waals surface area contributed by atoms with E-state index in [4.69, 9.17) is 10.4 Å². The molecule has 1 aromatic rings. The Morgan fingerprint density at radius 2 is 2.10 bits per heavy atom. The number of nitriles is 1. The predicted molar refractivity (Wildman–Crippen MR) is 32.6 cm³/mol. The highest BCUT2D eigenvalue weighted by Crippen LogP contribution is 2.06. The van der Waals surface area contributed by atoms with Crippen LogP contribution in [0, 0.1) is 11.3 Å². The number of hydrogen-bond donors (Lipinski definition) is 1. The summed E-state index contributed by atoms with van der Waals surface area (Å²) in [7, 11) is 0. The van der Waals surface area contributed by atoms with Crippen molar-refractivity contribution in [2.75, 3.05) is 0 Å². The average molecular weight is 135 g/mol. The van der Waals surface area contributed by atoms with Gasteiger partial charge in [-0.3, -0.25) is 0 Å². The number of aromatic nitrogens is 2. The van der Waals surface area contributed by atoms with E-state index in [0.717, 1.165) is 0 Å². The van der Waals surface area contributed by atoms with Crippen molar-refractivity contribution in [2.45, 2.75) is 6.10 Å². The van der Waals surface area contributed by atoms with E-state index >= 15 is 0 Å². The Hall–Kier alpha value is -1.47. The second-order valence-corrected chi connectivity index (χ2v) is 1.70. The Labute approximate surface area is 57.8 Å². The van der Waals surface area contributed by atoms with Crippen LogP contribution in [-0.4, -0.2) is 15.1 Å². The van der Waals surface area contributed by atoms with Gasteiger partial charge < -0.3 is 5.11 Å². The first-order chi connectivity index (χ1) is 4.84. The van der Waals surface area contributed by atoms with Gasteiger partial charge in [-0.15, -0.1) is 0 Å². The van der Waals surface area contributed by atoms with Gasteiger partial charge in [0.25, 0.3) is 0 Å². The van der Waals surface area contributed by atoms with Crippen molar-refractivity contribution in [1.82, 2.24) is 9.97 Å². The maximum absolute atomic E-state index is 8.89. The van der Waals surface area contributed by atoms with Crippen LogP contribution in [0.1, 0.15) is 11.7 Å². The normalized spacial score (nSPS) is 12.0. The molecular formula is C6H5N3O. The summed E-state index contributed by atoms with van der Waals surface area (Å²) in [6.45, 7) is 0. The molecule has 0 bridgehead atoms. The number of hydrogen-bond acceptors (Lipinski definition) is 4. The van der Waals surface area contributed by atoms with Crippen LogP contribution in [0.2, 0.25) is 0 Å². The van der Waals surface area contributed by atoms with Gasteiger partial charge in [-0.2, -0.15) is 5.26 Å². The zero-order valence-electron chi connectivity index (χ0n) is 5.10. The van der Waals surface area contributed by atoms with Crippen molar-refractivity contribution in [2.24, 2.45) is 0 Å². The van der Waals surface area contributed by atoms with Crippen LogP contribution >= 0.6 is 0 Å². The number of nitrogens with zero attached hydrogens (tertiary/aromatic N) is 3. The molecule has 0 aliphatic carbocycles. The lowest BCUT2D eigenvalue weighted by Crippen LogP contribution is -1.94. The molecule has 0 saturated heterocycles. The average Bonchev–Trinajstić information content (AvgIpc) is 2.05. The first-order valence-corrected chi connectivity index (χ1v) is 2.67. The Morgan fingerprint density at radius 3 is 2.60 bits per heavy atom. The van der Waals surface area contributed by atoms with Crippen molar-refractivity contribution in [1.29, 1.82) is 5.26 Å². The fourth-order valence-corrected chi connectivity index (χ4v) is 0.526. The summed E-state index contributed by atoms with van der Waals surface area (Å²) >= 11 is 0. The monoisotopic (exact) mass is 135 g/mol. The second kappa shape index (κ2) is 2.90. The Bertz CT molecular complexity index is 241. The molecule has 10 heavy (non-hydrogen) atoms. The molecule has 50 valence electrons. The fourth-order valence-electron chi connectivity index (χ4n) is 0.526. The van der Waals surface area contributed by atoms with Crippen LogP contribution in [0.4, 0.5) is 0 Å². The maximum Gasteiger partial charge on any atom is 0.168 e. The third kappa shape index (κ3) is 1.27. The Morgan fingerprint density at radius 1 is 1.50 bits per heavy atom. The van der Waals surface area contributed by atoms with Crippen molar-refractivity contribution in [3.05, 3.63) is 24.3 Å². The highest BCUT2D eigenvalue weighted by atomic mass is 16.3. The zero-order valence-corrected chi connectivity index (χ0v) is 5.10. The molecule has 1 rings (SSSR count). The molecule has 0 spiro atoms. The van der Waals surface area contributed by atoms with Crippen LogP contribution in [0.15, 0.2) is 18.7 Å². The first-order valence-electron chi connectivity index (χ1n) is 2.67. The lowest BCUT2D eigenvalue weighted by molar-refractivity contribution is 0.235. The summed E-state index contributed by atoms with van der Waals surface area (Å²) in [6.07, 6.45) is 3.04. The van der Waals surface area contributed by atoms with E-state index in [1.807, 2.05) is 0 Å². The predicted octanol–water partition coefficient (Wildman–Crippen LogP) is 0.0336. The lowest BCUT2D eigenvalue weighted by atomic mass is 10.2. The molecule has 0 unspecified atom stereocenters. The largest absolute Gasteiger partial charge is 0.374 e. The summed E-state index contributed by atoms with van der Waals surface area (Å²) in [5, 5.41) is 17.1. The first kappa shape index (κ1) is 6.65. The van der Waals surface area contributed by atoms with E-state index in [0.29, 0.717) is 5.56 Å². The van der Waals surface area contributed by atoms with Gasteiger partial charge in [0.15, 0.2) is 6.10 Å². The van der Waals surface area contributed by atoms with Crippen LogP contribution in [0.3, 0.4) is 0 Å². The van der Waals surface area contributed by atoms with E-state index in [2.05, 4.69) is 9.97 Å². The van der Waals surface area contributed by atoms with Crippen LogP contribution in [-0.2, 0) is 0 Å². The second-order valence-electron chi connectivity index (χ2n) is 1.70. The third-order valence-electron chi connectivity index (χ3n) is 1.02. The van der Waals surface area contributed by atoms with Crippen molar-refractivity contribution >= 4 is 0 Å². The molecule has 1 N–H and O–H groups in total. The Kier molecular flexibility index (Phi) is 1.92. The third-order valence-corrected chi connectivity index (χ3v) is 1.02. The highest BCUT2D eigenvalue weighted by molar-refractivity contribution is 5.13. The summed E-state index contributed by atoms with van der Waals surface area (Å²) in [4.78, 5) is 7.26. The van der Waals surface area contributed by atoms with Crippen molar-refractivity contribution in [3.8, 4) is 6.07 Å². The van der Waals surface area contributed by atoms with Crippen LogP contribution < -0.4 is 0 Å². The zero-order chi connectivity index (χ0) is 7.40. The molecule has 1 atom stereocenters. The van der Waals surface area contributed by atoms with Crippen LogP contribution in [0.25, 0.3) is 0 Å². The SMILES string of the molecule is N#C[C@@H](O)c1cncnc1. The van der Waals surface area contributed by atoms with Gasteiger partial charge in [-0.05, 0) is 0 Å². The highest BCUT2D eigenvalue weighted by Gasteiger charge is 2.03. The molecule has 0 aliphatic rings. The smallest absolute Gasteiger partial charge is 0.168 e. The lowest BCUT2D eigenvalue weighted by Gasteiger charge is -1.96. The van der Waals surface area contributed by atoms with E-state index in [1.54, 1.807) is 6.07 Å². The fraction of sp³-hybridized carbons (Fsp3) is 0.167. The van der Waals surface area contributed by atoms with Gasteiger partial charge in [-0.25, -0.2) is 9.97 Å². The molecule has 4 nitrogen and oxygen atoms in total. The molecule has 0 fully saturated rings. The van der Waals surface area contributed by atoms with E-state index < -0.39 is 6.10 Å². The summed E-state index contributed by atoms with van der Waals surface area (Å²) in [5.41, 5.74) is 0.421. The molecule has 0 aromatic carbocycles. The van der Waals surface area contributed by atoms with E-state index in [1.165, 1.54) is 18.7 Å². The van der Waals surface area contributed by atoms with Gasteiger partial charge in [-0.1, -0.05) is 0 Å². The number of rotatable bonds is 1. The minimum Gasteiger partial charge on any atom is -0.374 e. The van der Waals surface area contributed by atoms with Crippen molar-refractivity contribution < 1.29 is 5.11 Å². The quantitative estimate of drug-likeness (QED) is 0.551. The van der Waals surface area contributed by atoms with Crippen LogP contribution in [0.5, 0.6) is 0 Å². The van der Waals surface area contributed by atoms with Gasteiger partial charge in [0.2, 0.25) is 0 Å². The Balaban J connectivity index is 2.88. The molecule has 0 aliphatic heterocycles. The van der Waals surface area contributed by atoms with Crippen molar-refractivity contribution in [3.63, 3.8) is 0 Å². The van der Waals surface area contributed by atoms with Gasteiger partial charge >= 0.3 is 0 Å². The maximum atomic E-state index is 8.89. The summed E-state index contributed by atoms with van der Waals surface area (Å²) in [6, 6.07) is 1.66. The number of aliphatic hydroxyl groups excluding tert-OH is 1. The van der Waals surface area contributed by atoms with Gasteiger partial charge in [0, 0.05) is 18.0 Å². The number of aliphatic hydroxyl groups is 1. The molecule has 0 radical (unpaired) electrons. The molecule has 0 saturated carbocycles. The molecule has 1 heterocycles. The standard InChI is InChI=1S/C6H5N3O/c7-1-6(10)5-2-8-4-9-3-5/h2-4,6,10H/t6-/m1/s1. The minimum absolute atomic E-state index is 0.421. The van der Waals surface area contributed by atoms with E-state index in [9.17, 15) is 0 Å². The minimum atomic E-state index is -1.11.